The zero-order chi connectivity index (χ0) is 14.1. The van der Waals surface area contributed by atoms with Gasteiger partial charge in [0.1, 0.15) is 0 Å². The van der Waals surface area contributed by atoms with Gasteiger partial charge in [0, 0.05) is 10.0 Å². The summed E-state index contributed by atoms with van der Waals surface area (Å²) >= 11 is 9.71. The maximum atomic E-state index is 6.21. The maximum Gasteiger partial charge on any atom is 0.229 e. The molecule has 0 fully saturated rings. The third kappa shape index (κ3) is 2.49. The van der Waals surface area contributed by atoms with Crippen LogP contribution in [0.1, 0.15) is 5.56 Å². The summed E-state index contributed by atoms with van der Waals surface area (Å²) in [4.78, 5) is 0. The molecule has 0 spiro atoms. The molecule has 3 rings (SSSR count). The Kier molecular flexibility index (Phi) is 3.59. The minimum Gasteiger partial charge on any atom is -0.266 e. The minimum absolute atomic E-state index is 0.348. The van der Waals surface area contributed by atoms with Crippen LogP contribution in [0.2, 0.25) is 5.28 Å². The van der Waals surface area contributed by atoms with Crippen molar-refractivity contribution in [3.63, 3.8) is 0 Å². The van der Waals surface area contributed by atoms with Crippen molar-refractivity contribution in [2.45, 2.75) is 6.92 Å². The molecule has 0 amide bonds. The summed E-state index contributed by atoms with van der Waals surface area (Å²) in [6.07, 6.45) is 0. The summed E-state index contributed by atoms with van der Waals surface area (Å²) < 4.78 is 2.84. The molecule has 0 aliphatic carbocycles. The Morgan fingerprint density at radius 1 is 1.05 bits per heavy atom. The largest absolute Gasteiger partial charge is 0.266 e. The van der Waals surface area contributed by atoms with E-state index < -0.39 is 0 Å². The Bertz CT molecular complexity index is 733. The monoisotopic (exact) mass is 347 g/mol. The van der Waals surface area contributed by atoms with Crippen LogP contribution < -0.4 is 0 Å². The molecule has 0 saturated heterocycles. The third-order valence-corrected chi connectivity index (χ3v) is 3.64. The van der Waals surface area contributed by atoms with Crippen LogP contribution >= 0.6 is 27.5 Å². The molecule has 1 heterocycles. The molecule has 3 aromatic rings. The zero-order valence-electron chi connectivity index (χ0n) is 10.7. The van der Waals surface area contributed by atoms with Crippen LogP contribution in [-0.4, -0.2) is 14.8 Å². The second-order valence-corrected chi connectivity index (χ2v) is 5.73. The SMILES string of the molecule is Cc1cc(Br)cc(-n2c(Cl)nnc2-c2ccccc2)c1. The summed E-state index contributed by atoms with van der Waals surface area (Å²) in [6, 6.07) is 16.0. The molecule has 1 aromatic heterocycles. The summed E-state index contributed by atoms with van der Waals surface area (Å²) in [6.45, 7) is 2.04. The van der Waals surface area contributed by atoms with Gasteiger partial charge in [-0.25, -0.2) is 0 Å². The van der Waals surface area contributed by atoms with Crippen LogP contribution in [0.15, 0.2) is 53.0 Å². The molecule has 2 aromatic carbocycles. The van der Waals surface area contributed by atoms with Gasteiger partial charge >= 0.3 is 0 Å². The van der Waals surface area contributed by atoms with Crippen molar-refractivity contribution in [3.8, 4) is 17.1 Å². The number of aryl methyl sites for hydroxylation is 1. The van der Waals surface area contributed by atoms with Gasteiger partial charge in [-0.2, -0.15) is 0 Å². The molecule has 0 aliphatic rings. The van der Waals surface area contributed by atoms with Crippen molar-refractivity contribution in [1.29, 1.82) is 0 Å². The van der Waals surface area contributed by atoms with Crippen molar-refractivity contribution in [2.75, 3.05) is 0 Å². The highest BCUT2D eigenvalue weighted by Gasteiger charge is 2.14. The molecule has 0 unspecified atom stereocenters. The quantitative estimate of drug-likeness (QED) is 0.674. The smallest absolute Gasteiger partial charge is 0.229 e. The molecule has 0 atom stereocenters. The average molecular weight is 349 g/mol. The first-order valence-electron chi connectivity index (χ1n) is 6.09. The van der Waals surface area contributed by atoms with Crippen molar-refractivity contribution in [2.24, 2.45) is 0 Å². The molecule has 5 heteroatoms. The lowest BCUT2D eigenvalue weighted by molar-refractivity contribution is 1.06. The first-order chi connectivity index (χ1) is 9.65. The highest BCUT2D eigenvalue weighted by molar-refractivity contribution is 9.10. The number of nitrogens with zero attached hydrogens (tertiary/aromatic N) is 3. The Morgan fingerprint density at radius 2 is 1.80 bits per heavy atom. The highest BCUT2D eigenvalue weighted by atomic mass is 79.9. The van der Waals surface area contributed by atoms with Gasteiger partial charge in [0.05, 0.1) is 5.69 Å². The van der Waals surface area contributed by atoms with E-state index in [4.69, 9.17) is 11.6 Å². The average Bonchev–Trinajstić information content (AvgIpc) is 2.80. The van der Waals surface area contributed by atoms with Gasteiger partial charge in [-0.3, -0.25) is 4.57 Å². The van der Waals surface area contributed by atoms with E-state index in [1.807, 2.05) is 60.0 Å². The summed E-state index contributed by atoms with van der Waals surface area (Å²) in [7, 11) is 0. The second-order valence-electron chi connectivity index (χ2n) is 4.48. The van der Waals surface area contributed by atoms with E-state index in [9.17, 15) is 0 Å². The highest BCUT2D eigenvalue weighted by Crippen LogP contribution is 2.27. The number of hydrogen-bond acceptors (Lipinski definition) is 2. The minimum atomic E-state index is 0.348. The Balaban J connectivity index is 2.22. The lowest BCUT2D eigenvalue weighted by Crippen LogP contribution is -1.98. The van der Waals surface area contributed by atoms with E-state index in [1.165, 1.54) is 0 Å². The fourth-order valence-electron chi connectivity index (χ4n) is 2.11. The molecule has 20 heavy (non-hydrogen) atoms. The normalized spacial score (nSPS) is 10.8. The van der Waals surface area contributed by atoms with E-state index in [0.717, 1.165) is 27.1 Å². The van der Waals surface area contributed by atoms with E-state index >= 15 is 0 Å². The number of halogens is 2. The van der Waals surface area contributed by atoms with E-state index in [0.29, 0.717) is 5.28 Å². The number of benzene rings is 2. The zero-order valence-corrected chi connectivity index (χ0v) is 13.1. The molecule has 0 bridgehead atoms. The fourth-order valence-corrected chi connectivity index (χ4v) is 2.93. The lowest BCUT2D eigenvalue weighted by atomic mass is 10.2. The molecule has 100 valence electrons. The molecular weight excluding hydrogens is 338 g/mol. The van der Waals surface area contributed by atoms with Crippen LogP contribution in [0.5, 0.6) is 0 Å². The standard InChI is InChI=1S/C15H11BrClN3/c1-10-7-12(16)9-13(8-10)20-14(18-19-15(20)17)11-5-3-2-4-6-11/h2-9H,1H3. The van der Waals surface area contributed by atoms with E-state index in [1.54, 1.807) is 0 Å². The molecule has 0 saturated carbocycles. The van der Waals surface area contributed by atoms with Crippen molar-refractivity contribution < 1.29 is 0 Å². The van der Waals surface area contributed by atoms with Gasteiger partial charge in [0.15, 0.2) is 5.82 Å². The lowest BCUT2D eigenvalue weighted by Gasteiger charge is -2.09. The van der Waals surface area contributed by atoms with Crippen LogP contribution in [-0.2, 0) is 0 Å². The van der Waals surface area contributed by atoms with Gasteiger partial charge in [-0.15, -0.1) is 10.2 Å². The van der Waals surface area contributed by atoms with Crippen LogP contribution in [0.25, 0.3) is 17.1 Å². The van der Waals surface area contributed by atoms with E-state index in [2.05, 4.69) is 26.1 Å². The number of hydrogen-bond donors (Lipinski definition) is 0. The van der Waals surface area contributed by atoms with Crippen molar-refractivity contribution >= 4 is 27.5 Å². The summed E-state index contributed by atoms with van der Waals surface area (Å²) in [5.74, 6) is 0.730. The predicted octanol–water partition coefficient (Wildman–Crippen LogP) is 4.66. The van der Waals surface area contributed by atoms with Gasteiger partial charge in [-0.05, 0) is 42.3 Å². The molecule has 3 nitrogen and oxygen atoms in total. The Hall–Kier alpha value is -1.65. The summed E-state index contributed by atoms with van der Waals surface area (Å²) in [5, 5.41) is 8.53. The first-order valence-corrected chi connectivity index (χ1v) is 7.26. The van der Waals surface area contributed by atoms with Gasteiger partial charge in [-0.1, -0.05) is 46.3 Å². The van der Waals surface area contributed by atoms with E-state index in [-0.39, 0.29) is 0 Å². The topological polar surface area (TPSA) is 30.7 Å². The molecule has 0 aliphatic heterocycles. The van der Waals surface area contributed by atoms with Crippen LogP contribution in [0, 0.1) is 6.92 Å². The third-order valence-electron chi connectivity index (χ3n) is 2.94. The Labute approximate surface area is 130 Å². The first kappa shape index (κ1) is 13.3. The van der Waals surface area contributed by atoms with Crippen molar-refractivity contribution in [1.82, 2.24) is 14.8 Å². The van der Waals surface area contributed by atoms with Crippen LogP contribution in [0.3, 0.4) is 0 Å². The molecule has 0 N–H and O–H groups in total. The fraction of sp³-hybridized carbons (Fsp3) is 0.0667. The predicted molar refractivity (Wildman–Crippen MR) is 84.2 cm³/mol. The van der Waals surface area contributed by atoms with Crippen LogP contribution in [0.4, 0.5) is 0 Å². The molecule has 0 radical (unpaired) electrons. The van der Waals surface area contributed by atoms with Gasteiger partial charge in [0.25, 0.3) is 0 Å². The van der Waals surface area contributed by atoms with Gasteiger partial charge in [0.2, 0.25) is 5.28 Å². The Morgan fingerprint density at radius 3 is 2.50 bits per heavy atom. The number of aromatic nitrogens is 3. The van der Waals surface area contributed by atoms with Crippen molar-refractivity contribution in [3.05, 3.63) is 63.9 Å². The summed E-state index contributed by atoms with van der Waals surface area (Å²) in [5.41, 5.74) is 3.05. The molecular formula is C15H11BrClN3. The maximum absolute atomic E-state index is 6.21. The van der Waals surface area contributed by atoms with Gasteiger partial charge < -0.3 is 0 Å². The number of rotatable bonds is 2. The second kappa shape index (κ2) is 5.38.